The van der Waals surface area contributed by atoms with Crippen molar-refractivity contribution in [3.63, 3.8) is 0 Å². The van der Waals surface area contributed by atoms with Gasteiger partial charge in [-0.15, -0.1) is 11.3 Å². The maximum absolute atomic E-state index is 12.1. The summed E-state index contributed by atoms with van der Waals surface area (Å²) in [6.45, 7) is 3.33. The number of anilines is 2. The molecule has 0 saturated carbocycles. The van der Waals surface area contributed by atoms with Crippen LogP contribution in [0.15, 0.2) is 30.3 Å². The summed E-state index contributed by atoms with van der Waals surface area (Å²) in [5, 5.41) is 5.37. The van der Waals surface area contributed by atoms with Gasteiger partial charge < -0.3 is 15.4 Å². The van der Waals surface area contributed by atoms with Crippen molar-refractivity contribution in [2.24, 2.45) is 0 Å². The number of nitrogens with one attached hydrogen (secondary N) is 2. The lowest BCUT2D eigenvalue weighted by molar-refractivity contribution is -0.116. The highest BCUT2D eigenvalue weighted by Crippen LogP contribution is 2.28. The number of Topliss-reactive ketones (excluding diaryl/α,β-unsaturated/α-hetero) is 1. The van der Waals surface area contributed by atoms with E-state index in [9.17, 15) is 14.4 Å². The van der Waals surface area contributed by atoms with Crippen LogP contribution in [0.4, 0.5) is 11.4 Å². The smallest absolute Gasteiger partial charge is 0.224 e. The average Bonchev–Trinajstić information content (AvgIpc) is 2.99. The van der Waals surface area contributed by atoms with Gasteiger partial charge in [-0.1, -0.05) is 0 Å². The van der Waals surface area contributed by atoms with E-state index in [1.165, 1.54) is 25.4 Å². The first kappa shape index (κ1) is 18.7. The molecule has 0 atom stereocenters. The van der Waals surface area contributed by atoms with Gasteiger partial charge in [0, 0.05) is 30.3 Å². The van der Waals surface area contributed by atoms with Gasteiger partial charge in [0.2, 0.25) is 11.8 Å². The lowest BCUT2D eigenvalue weighted by atomic mass is 10.2. The van der Waals surface area contributed by atoms with E-state index in [0.29, 0.717) is 22.0 Å². The molecule has 0 fully saturated rings. The molecule has 132 valence electrons. The predicted molar refractivity (Wildman–Crippen MR) is 98.5 cm³/mol. The zero-order valence-corrected chi connectivity index (χ0v) is 15.2. The number of carbonyl (C=O) groups excluding carboxylic acids is 3. The Bertz CT molecular complexity index is 798. The van der Waals surface area contributed by atoms with Crippen LogP contribution in [0.3, 0.4) is 0 Å². The van der Waals surface area contributed by atoms with Gasteiger partial charge in [-0.3, -0.25) is 14.4 Å². The third-order valence-electron chi connectivity index (χ3n) is 3.39. The highest BCUT2D eigenvalue weighted by atomic mass is 32.1. The predicted octanol–water partition coefficient (Wildman–Crippen LogP) is 3.63. The molecule has 0 aliphatic rings. The number of carbonyl (C=O) groups is 3. The number of ether oxygens (including phenoxy) is 1. The lowest BCUT2D eigenvalue weighted by Gasteiger charge is -2.11. The minimum atomic E-state index is -0.263. The van der Waals surface area contributed by atoms with Crippen LogP contribution in [0.25, 0.3) is 0 Å². The Morgan fingerprint density at radius 2 is 1.84 bits per heavy atom. The Balaban J connectivity index is 1.95. The maximum Gasteiger partial charge on any atom is 0.224 e. The van der Waals surface area contributed by atoms with E-state index >= 15 is 0 Å². The van der Waals surface area contributed by atoms with Gasteiger partial charge in [0.25, 0.3) is 0 Å². The van der Waals surface area contributed by atoms with Crippen LogP contribution >= 0.6 is 11.3 Å². The molecule has 2 N–H and O–H groups in total. The zero-order valence-electron chi connectivity index (χ0n) is 14.3. The Morgan fingerprint density at radius 1 is 1.08 bits per heavy atom. The number of rotatable bonds is 7. The minimum Gasteiger partial charge on any atom is -0.495 e. The van der Waals surface area contributed by atoms with E-state index in [1.54, 1.807) is 24.3 Å². The fourth-order valence-corrected chi connectivity index (χ4v) is 3.07. The van der Waals surface area contributed by atoms with Crippen LogP contribution < -0.4 is 15.4 Å². The van der Waals surface area contributed by atoms with Crippen LogP contribution in [0.1, 0.15) is 34.3 Å². The molecule has 0 spiro atoms. The van der Waals surface area contributed by atoms with Gasteiger partial charge in [0.1, 0.15) is 5.75 Å². The molecule has 0 aliphatic carbocycles. The molecule has 0 bridgehead atoms. The number of aryl methyl sites for hydroxylation is 1. The number of hydrogen-bond acceptors (Lipinski definition) is 5. The van der Waals surface area contributed by atoms with Crippen LogP contribution in [0.5, 0.6) is 5.75 Å². The Kier molecular flexibility index (Phi) is 6.30. The monoisotopic (exact) mass is 360 g/mol. The summed E-state index contributed by atoms with van der Waals surface area (Å²) in [6.07, 6.45) is 0.248. The molecule has 25 heavy (non-hydrogen) atoms. The zero-order chi connectivity index (χ0) is 18.4. The highest BCUT2D eigenvalue weighted by Gasteiger charge is 2.12. The van der Waals surface area contributed by atoms with E-state index < -0.39 is 0 Å². The van der Waals surface area contributed by atoms with Crippen molar-refractivity contribution < 1.29 is 19.1 Å². The SMILES string of the molecule is COc1ccc(NC(=O)CCC(=O)c2ccc(C)s2)cc1NC(C)=O. The summed E-state index contributed by atoms with van der Waals surface area (Å²) in [5.41, 5.74) is 0.993. The van der Waals surface area contributed by atoms with Crippen molar-refractivity contribution in [2.75, 3.05) is 17.7 Å². The second kappa shape index (κ2) is 8.43. The van der Waals surface area contributed by atoms with Crippen molar-refractivity contribution in [1.29, 1.82) is 0 Å². The molecule has 2 amide bonds. The Hall–Kier alpha value is -2.67. The van der Waals surface area contributed by atoms with Crippen molar-refractivity contribution in [1.82, 2.24) is 0 Å². The lowest BCUT2D eigenvalue weighted by Crippen LogP contribution is -2.14. The van der Waals surface area contributed by atoms with Crippen LogP contribution in [-0.2, 0) is 9.59 Å². The normalized spacial score (nSPS) is 10.2. The fraction of sp³-hybridized carbons (Fsp3) is 0.278. The molecule has 1 aromatic heterocycles. The van der Waals surface area contributed by atoms with Gasteiger partial charge in [-0.05, 0) is 37.3 Å². The highest BCUT2D eigenvalue weighted by molar-refractivity contribution is 7.14. The molecular weight excluding hydrogens is 340 g/mol. The molecule has 0 aliphatic heterocycles. The van der Waals surface area contributed by atoms with Gasteiger partial charge in [-0.2, -0.15) is 0 Å². The second-order valence-corrected chi connectivity index (χ2v) is 6.77. The van der Waals surface area contributed by atoms with Crippen LogP contribution in [-0.4, -0.2) is 24.7 Å². The van der Waals surface area contributed by atoms with Crippen molar-refractivity contribution >= 4 is 40.3 Å². The van der Waals surface area contributed by atoms with Crippen LogP contribution in [0.2, 0.25) is 0 Å². The molecule has 0 radical (unpaired) electrons. The van der Waals surface area contributed by atoms with Gasteiger partial charge in [-0.25, -0.2) is 0 Å². The van der Waals surface area contributed by atoms with Crippen molar-refractivity contribution in [3.8, 4) is 5.75 Å². The van der Waals surface area contributed by atoms with E-state index in [1.807, 2.05) is 13.0 Å². The van der Waals surface area contributed by atoms with Crippen molar-refractivity contribution in [2.45, 2.75) is 26.7 Å². The third kappa shape index (κ3) is 5.42. The number of benzene rings is 1. The molecular formula is C18H20N2O4S. The number of thiophene rings is 1. The summed E-state index contributed by atoms with van der Waals surface area (Å²) >= 11 is 1.43. The second-order valence-electron chi connectivity index (χ2n) is 5.48. The summed E-state index contributed by atoms with van der Waals surface area (Å²) in [5.74, 6) is -0.0439. The number of amides is 2. The first-order valence-electron chi connectivity index (χ1n) is 7.74. The van der Waals surface area contributed by atoms with Gasteiger partial charge in [0.05, 0.1) is 17.7 Å². The Labute approximate surface area is 150 Å². The van der Waals surface area contributed by atoms with E-state index in [0.717, 1.165) is 4.88 Å². The molecule has 2 aromatic rings. The summed E-state index contributed by atoms with van der Waals surface area (Å²) < 4.78 is 5.17. The van der Waals surface area contributed by atoms with E-state index in [-0.39, 0.29) is 30.4 Å². The molecule has 1 heterocycles. The molecule has 1 aromatic carbocycles. The Morgan fingerprint density at radius 3 is 2.44 bits per heavy atom. The first-order chi connectivity index (χ1) is 11.9. The largest absolute Gasteiger partial charge is 0.495 e. The van der Waals surface area contributed by atoms with Crippen LogP contribution in [0, 0.1) is 6.92 Å². The number of hydrogen-bond donors (Lipinski definition) is 2. The van der Waals surface area contributed by atoms with Crippen molar-refractivity contribution in [3.05, 3.63) is 40.1 Å². The minimum absolute atomic E-state index is 0.0399. The fourth-order valence-electron chi connectivity index (χ4n) is 2.23. The molecule has 6 nitrogen and oxygen atoms in total. The molecule has 0 saturated heterocycles. The molecule has 2 rings (SSSR count). The average molecular weight is 360 g/mol. The summed E-state index contributed by atoms with van der Waals surface area (Å²) in [6, 6.07) is 8.61. The summed E-state index contributed by atoms with van der Waals surface area (Å²) in [4.78, 5) is 37.1. The topological polar surface area (TPSA) is 84.5 Å². The molecule has 0 unspecified atom stereocenters. The third-order valence-corrected chi connectivity index (χ3v) is 4.43. The van der Waals surface area contributed by atoms with Gasteiger partial charge >= 0.3 is 0 Å². The summed E-state index contributed by atoms with van der Waals surface area (Å²) in [7, 11) is 1.50. The maximum atomic E-state index is 12.1. The quantitative estimate of drug-likeness (QED) is 0.739. The number of ketones is 1. The standard InChI is InChI=1S/C18H20N2O4S/c1-11-4-8-17(25-11)15(22)6-9-18(23)20-13-5-7-16(24-3)14(10-13)19-12(2)21/h4-5,7-8,10H,6,9H2,1-3H3,(H,19,21)(H,20,23). The number of methoxy groups -OCH3 is 1. The van der Waals surface area contributed by atoms with Gasteiger partial charge in [0.15, 0.2) is 5.78 Å². The first-order valence-corrected chi connectivity index (χ1v) is 8.56. The molecule has 7 heteroatoms. The van der Waals surface area contributed by atoms with E-state index in [4.69, 9.17) is 4.74 Å². The van der Waals surface area contributed by atoms with E-state index in [2.05, 4.69) is 10.6 Å².